The van der Waals surface area contributed by atoms with Crippen molar-refractivity contribution in [1.29, 1.82) is 0 Å². The van der Waals surface area contributed by atoms with Crippen molar-refractivity contribution in [3.8, 4) is 0 Å². The van der Waals surface area contributed by atoms with E-state index in [1.165, 1.54) is 0 Å². The molecule has 1 unspecified atom stereocenters. The van der Waals surface area contributed by atoms with Crippen molar-refractivity contribution in [2.75, 3.05) is 13.2 Å². The van der Waals surface area contributed by atoms with Crippen LogP contribution >= 0.6 is 35.6 Å². The summed E-state index contributed by atoms with van der Waals surface area (Å²) in [5.74, 6) is -1.31. The number of carbonyl (C=O) groups is 2. The van der Waals surface area contributed by atoms with Gasteiger partial charge in [-0.1, -0.05) is 90.6 Å². The summed E-state index contributed by atoms with van der Waals surface area (Å²) in [5.41, 5.74) is 5.33. The normalized spacial score (nSPS) is 22.0. The van der Waals surface area contributed by atoms with Gasteiger partial charge in [-0.05, 0) is 47.7 Å². The number of nitrogens with one attached hydrogen (secondary N) is 2. The SMILES string of the molecule is Cl.O=C(NOCc1ccccc1)[C@@H]1c2ccccc2C(=O)N(C2CCCC[C@@H]2NCCO)[C@H]1c1ccc(Cl)cc1Cl. The quantitative estimate of drug-likeness (QED) is 0.262. The number of hydroxylamine groups is 1. The predicted molar refractivity (Wildman–Crippen MR) is 162 cm³/mol. The number of nitrogens with zero attached hydrogens (tertiary/aromatic N) is 1. The summed E-state index contributed by atoms with van der Waals surface area (Å²) in [6, 6.07) is 21.0. The van der Waals surface area contributed by atoms with Crippen LogP contribution in [0, 0.1) is 0 Å². The Morgan fingerprint density at radius 2 is 1.71 bits per heavy atom. The van der Waals surface area contributed by atoms with E-state index in [1.807, 2.05) is 53.4 Å². The van der Waals surface area contributed by atoms with Gasteiger partial charge in [0.25, 0.3) is 11.8 Å². The lowest BCUT2D eigenvalue weighted by atomic mass is 9.76. The third kappa shape index (κ3) is 6.88. The summed E-state index contributed by atoms with van der Waals surface area (Å²) in [5, 5.41) is 13.8. The smallest absolute Gasteiger partial charge is 0.255 e. The first-order chi connectivity index (χ1) is 19.5. The molecule has 218 valence electrons. The Morgan fingerprint density at radius 1 is 0.976 bits per heavy atom. The van der Waals surface area contributed by atoms with Crippen molar-refractivity contribution >= 4 is 47.4 Å². The van der Waals surface area contributed by atoms with Crippen LogP contribution < -0.4 is 10.8 Å². The third-order valence-corrected chi connectivity index (χ3v) is 8.36. The molecular weight excluding hydrogens is 585 g/mol. The third-order valence-electron chi connectivity index (χ3n) is 7.80. The molecule has 41 heavy (non-hydrogen) atoms. The Bertz CT molecular complexity index is 1340. The number of carbonyl (C=O) groups excluding carboxylic acids is 2. The average Bonchev–Trinajstić information content (AvgIpc) is 2.97. The number of halogens is 3. The lowest BCUT2D eigenvalue weighted by Gasteiger charge is -2.49. The van der Waals surface area contributed by atoms with E-state index in [2.05, 4.69) is 10.8 Å². The van der Waals surface area contributed by atoms with Crippen molar-refractivity contribution in [3.63, 3.8) is 0 Å². The van der Waals surface area contributed by atoms with Crippen LogP contribution in [0.3, 0.4) is 0 Å². The largest absolute Gasteiger partial charge is 0.395 e. The van der Waals surface area contributed by atoms with Crippen LogP contribution in [-0.4, -0.2) is 47.1 Å². The number of hydrogen-bond donors (Lipinski definition) is 3. The van der Waals surface area contributed by atoms with Gasteiger partial charge in [-0.25, -0.2) is 5.48 Å². The highest BCUT2D eigenvalue weighted by molar-refractivity contribution is 6.35. The zero-order valence-corrected chi connectivity index (χ0v) is 24.8. The molecule has 1 aliphatic carbocycles. The maximum atomic E-state index is 14.3. The molecule has 3 aromatic rings. The Morgan fingerprint density at radius 3 is 2.46 bits per heavy atom. The number of fused-ring (bicyclic) bond motifs is 1. The molecule has 3 aromatic carbocycles. The van der Waals surface area contributed by atoms with Crippen LogP contribution in [0.25, 0.3) is 0 Å². The summed E-state index contributed by atoms with van der Waals surface area (Å²) in [6.07, 6.45) is 3.58. The van der Waals surface area contributed by atoms with Gasteiger partial charge in [0.2, 0.25) is 0 Å². The molecule has 0 aromatic heterocycles. The van der Waals surface area contributed by atoms with E-state index in [0.717, 1.165) is 31.2 Å². The van der Waals surface area contributed by atoms with Gasteiger partial charge in [-0.3, -0.25) is 14.4 Å². The zero-order chi connectivity index (χ0) is 28.1. The minimum Gasteiger partial charge on any atom is -0.395 e. The van der Waals surface area contributed by atoms with Crippen molar-refractivity contribution in [2.45, 2.75) is 56.3 Å². The minimum atomic E-state index is -0.788. The van der Waals surface area contributed by atoms with Gasteiger partial charge in [-0.2, -0.15) is 0 Å². The van der Waals surface area contributed by atoms with Crippen molar-refractivity contribution in [3.05, 3.63) is 105 Å². The molecule has 1 fully saturated rings. The molecule has 3 N–H and O–H groups in total. The first kappa shape index (κ1) is 31.3. The molecule has 4 atom stereocenters. The van der Waals surface area contributed by atoms with Crippen molar-refractivity contribution < 1.29 is 19.5 Å². The molecule has 0 radical (unpaired) electrons. The number of hydrogen-bond acceptors (Lipinski definition) is 5. The number of aliphatic hydroxyl groups is 1. The van der Waals surface area contributed by atoms with Gasteiger partial charge in [0.15, 0.2) is 0 Å². The molecule has 7 nitrogen and oxygen atoms in total. The Balaban J connectivity index is 0.00000387. The highest BCUT2D eigenvalue weighted by Crippen LogP contribution is 2.47. The molecular formula is C31H34Cl3N3O4. The fourth-order valence-electron chi connectivity index (χ4n) is 6.03. The zero-order valence-electron chi connectivity index (χ0n) is 22.5. The van der Waals surface area contributed by atoms with Crippen molar-refractivity contribution in [2.24, 2.45) is 0 Å². The van der Waals surface area contributed by atoms with E-state index in [1.54, 1.807) is 24.3 Å². The van der Waals surface area contributed by atoms with Crippen LogP contribution in [0.4, 0.5) is 0 Å². The van der Waals surface area contributed by atoms with Gasteiger partial charge in [0.1, 0.15) is 0 Å². The standard InChI is InChI=1S/C31H33Cl2N3O4.ClH/c32-21-14-15-24(25(33)18-21)29-28(30(38)35-40-19-20-8-2-1-3-9-20)22-10-4-5-11-23(22)31(39)36(29)27-13-7-6-12-26(27)34-16-17-37;/h1-5,8-11,14-15,18,26-29,34,37H,6-7,12-13,16-17,19H2,(H,35,38);1H/t26-,27?,28+,29-;/m0./s1. The van der Waals surface area contributed by atoms with E-state index in [9.17, 15) is 14.7 Å². The molecule has 10 heteroatoms. The summed E-state index contributed by atoms with van der Waals surface area (Å²) in [6.45, 7) is 0.616. The van der Waals surface area contributed by atoms with Crippen LogP contribution in [0.5, 0.6) is 0 Å². The van der Waals surface area contributed by atoms with Crippen LogP contribution in [0.2, 0.25) is 10.0 Å². The molecule has 0 saturated heterocycles. The monoisotopic (exact) mass is 617 g/mol. The van der Waals surface area contributed by atoms with E-state index in [-0.39, 0.29) is 49.5 Å². The van der Waals surface area contributed by atoms with Crippen LogP contribution in [0.1, 0.15) is 64.7 Å². The molecule has 1 saturated carbocycles. The van der Waals surface area contributed by atoms with Gasteiger partial charge >= 0.3 is 0 Å². The van der Waals surface area contributed by atoms with E-state index < -0.39 is 12.0 Å². The Labute approximate surface area is 256 Å². The second-order valence-electron chi connectivity index (χ2n) is 10.3. The molecule has 2 amide bonds. The van der Waals surface area contributed by atoms with Gasteiger partial charge < -0.3 is 15.3 Å². The maximum Gasteiger partial charge on any atom is 0.255 e. The first-order valence-corrected chi connectivity index (χ1v) is 14.4. The molecule has 0 spiro atoms. The van der Waals surface area contributed by atoms with Crippen LogP contribution in [-0.2, 0) is 16.2 Å². The number of rotatable bonds is 9. The summed E-state index contributed by atoms with van der Waals surface area (Å²) in [4.78, 5) is 35.8. The number of benzene rings is 3. The summed E-state index contributed by atoms with van der Waals surface area (Å²) >= 11 is 13.0. The first-order valence-electron chi connectivity index (χ1n) is 13.7. The van der Waals surface area contributed by atoms with E-state index in [0.29, 0.717) is 33.3 Å². The Kier molecular flexibility index (Phi) is 11.1. The second kappa shape index (κ2) is 14.5. The predicted octanol–water partition coefficient (Wildman–Crippen LogP) is 5.84. The summed E-state index contributed by atoms with van der Waals surface area (Å²) in [7, 11) is 0. The van der Waals surface area contributed by atoms with Gasteiger partial charge in [0, 0.05) is 34.2 Å². The summed E-state index contributed by atoms with van der Waals surface area (Å²) < 4.78 is 0. The fourth-order valence-corrected chi connectivity index (χ4v) is 6.55. The number of aliphatic hydroxyl groups excluding tert-OH is 1. The molecule has 5 rings (SSSR count). The van der Waals surface area contributed by atoms with Crippen LogP contribution in [0.15, 0.2) is 72.8 Å². The molecule has 0 bridgehead atoms. The second-order valence-corrected chi connectivity index (χ2v) is 11.1. The molecule has 1 aliphatic heterocycles. The molecule has 1 heterocycles. The maximum absolute atomic E-state index is 14.3. The minimum absolute atomic E-state index is 0. The molecule has 2 aliphatic rings. The van der Waals surface area contributed by atoms with Crippen molar-refractivity contribution in [1.82, 2.24) is 15.7 Å². The lowest BCUT2D eigenvalue weighted by molar-refractivity contribution is -0.138. The van der Waals surface area contributed by atoms with Gasteiger partial charge in [-0.15, -0.1) is 12.4 Å². The fraction of sp³-hybridized carbons (Fsp3) is 0.355. The van der Waals surface area contributed by atoms with Gasteiger partial charge in [0.05, 0.1) is 25.2 Å². The highest BCUT2D eigenvalue weighted by Gasteiger charge is 2.49. The van der Waals surface area contributed by atoms with E-state index in [4.69, 9.17) is 28.0 Å². The highest BCUT2D eigenvalue weighted by atomic mass is 35.5. The number of amides is 2. The average molecular weight is 619 g/mol. The lowest BCUT2D eigenvalue weighted by Crippen LogP contribution is -2.58. The topological polar surface area (TPSA) is 90.9 Å². The Hall–Kier alpha value is -2.65. The van der Waals surface area contributed by atoms with E-state index >= 15 is 0 Å².